The number of fused-ring (bicyclic) bond motifs is 1. The quantitative estimate of drug-likeness (QED) is 0.421. The highest BCUT2D eigenvalue weighted by molar-refractivity contribution is 6.07. The fourth-order valence-corrected chi connectivity index (χ4v) is 5.05. The van der Waals surface area contributed by atoms with Crippen molar-refractivity contribution in [2.45, 2.75) is 32.1 Å². The number of ether oxygens (including phenoxy) is 1. The van der Waals surface area contributed by atoms with Gasteiger partial charge in [0.1, 0.15) is 5.75 Å². The van der Waals surface area contributed by atoms with E-state index in [9.17, 15) is 4.79 Å². The van der Waals surface area contributed by atoms with Crippen molar-refractivity contribution in [3.05, 3.63) is 71.7 Å². The zero-order valence-electron chi connectivity index (χ0n) is 20.7. The Morgan fingerprint density at radius 2 is 1.86 bits per heavy atom. The van der Waals surface area contributed by atoms with E-state index in [4.69, 9.17) is 14.8 Å². The fraction of sp³-hybridized carbons (Fsp3) is 0.357. The highest BCUT2D eigenvalue weighted by Gasteiger charge is 2.31. The highest BCUT2D eigenvalue weighted by atomic mass is 16.5. The molecule has 1 amide bonds. The van der Waals surface area contributed by atoms with E-state index < -0.39 is 0 Å². The van der Waals surface area contributed by atoms with Crippen LogP contribution in [0.2, 0.25) is 0 Å². The second kappa shape index (κ2) is 9.26. The molecule has 1 saturated carbocycles. The number of carbonyl (C=O) groups excluding carboxylic acids is 1. The Morgan fingerprint density at radius 3 is 2.58 bits per heavy atom. The minimum atomic E-state index is 0.0598. The molecule has 0 unspecified atom stereocenters. The van der Waals surface area contributed by atoms with Crippen molar-refractivity contribution in [1.29, 1.82) is 0 Å². The summed E-state index contributed by atoms with van der Waals surface area (Å²) in [5.41, 5.74) is 4.36. The molecule has 1 aliphatic carbocycles. The number of amides is 1. The van der Waals surface area contributed by atoms with Gasteiger partial charge in [-0.3, -0.25) is 4.79 Å². The lowest BCUT2D eigenvalue weighted by Gasteiger charge is -2.24. The topological polar surface area (TPSA) is 76.4 Å². The summed E-state index contributed by atoms with van der Waals surface area (Å²) in [5, 5.41) is 5.58. The molecule has 1 aromatic carbocycles. The Bertz CT molecular complexity index is 1400. The largest absolute Gasteiger partial charge is 0.497 e. The van der Waals surface area contributed by atoms with Gasteiger partial charge in [-0.2, -0.15) is 9.78 Å². The van der Waals surface area contributed by atoms with Crippen molar-refractivity contribution in [2.24, 2.45) is 0 Å². The SMILES string of the molecule is COc1ccc(N2CCCN(C(=O)c3cc(C4CC4)nc4c3c(C)nn4-c3ccccn3)CC2)cc1. The van der Waals surface area contributed by atoms with Crippen LogP contribution in [0.15, 0.2) is 54.7 Å². The Labute approximate surface area is 210 Å². The lowest BCUT2D eigenvalue weighted by atomic mass is 10.1. The molecule has 0 radical (unpaired) electrons. The lowest BCUT2D eigenvalue weighted by Crippen LogP contribution is -2.35. The summed E-state index contributed by atoms with van der Waals surface area (Å²) in [6.07, 6.45) is 4.89. The standard InChI is InChI=1S/C28H30N6O2/c1-19-26-23(18-24(20-7-8-20)30-27(26)34(31-19)25-6-3-4-13-29-25)28(35)33-15-5-14-32(16-17-33)21-9-11-22(36-2)12-10-21/h3-4,6,9-13,18,20H,5,7-8,14-17H2,1-2H3. The van der Waals surface area contributed by atoms with Crippen LogP contribution in [0, 0.1) is 6.92 Å². The molecule has 0 bridgehead atoms. The maximum absolute atomic E-state index is 14.0. The number of hydrogen-bond donors (Lipinski definition) is 0. The van der Waals surface area contributed by atoms with Gasteiger partial charge >= 0.3 is 0 Å². The van der Waals surface area contributed by atoms with Crippen LogP contribution < -0.4 is 9.64 Å². The molecule has 8 nitrogen and oxygen atoms in total. The summed E-state index contributed by atoms with van der Waals surface area (Å²) in [5.74, 6) is 2.03. The summed E-state index contributed by atoms with van der Waals surface area (Å²) >= 11 is 0. The second-order valence-corrected chi connectivity index (χ2v) is 9.58. The molecule has 36 heavy (non-hydrogen) atoms. The monoisotopic (exact) mass is 482 g/mol. The van der Waals surface area contributed by atoms with Crippen molar-refractivity contribution >= 4 is 22.6 Å². The first-order valence-corrected chi connectivity index (χ1v) is 12.6. The number of anilines is 1. The van der Waals surface area contributed by atoms with Gasteiger partial charge in [0.05, 0.1) is 23.8 Å². The van der Waals surface area contributed by atoms with E-state index in [2.05, 4.69) is 22.0 Å². The predicted octanol–water partition coefficient (Wildman–Crippen LogP) is 4.36. The van der Waals surface area contributed by atoms with Gasteiger partial charge in [-0.25, -0.2) is 9.97 Å². The third-order valence-corrected chi connectivity index (χ3v) is 7.15. The molecule has 3 aromatic heterocycles. The molecule has 2 aliphatic rings. The van der Waals surface area contributed by atoms with E-state index in [0.717, 1.165) is 67.1 Å². The van der Waals surface area contributed by atoms with Gasteiger partial charge in [0, 0.05) is 49.7 Å². The van der Waals surface area contributed by atoms with Crippen molar-refractivity contribution in [3.8, 4) is 11.6 Å². The second-order valence-electron chi connectivity index (χ2n) is 9.58. The average Bonchev–Trinajstić information content (AvgIpc) is 3.75. The molecule has 8 heteroatoms. The van der Waals surface area contributed by atoms with Crippen LogP contribution in [-0.2, 0) is 0 Å². The van der Waals surface area contributed by atoms with Gasteiger partial charge in [-0.15, -0.1) is 0 Å². The van der Waals surface area contributed by atoms with Crippen LogP contribution in [0.25, 0.3) is 16.9 Å². The number of methoxy groups -OCH3 is 1. The van der Waals surface area contributed by atoms with E-state index in [-0.39, 0.29) is 5.91 Å². The van der Waals surface area contributed by atoms with E-state index in [1.807, 2.05) is 48.2 Å². The number of aromatic nitrogens is 4. The number of rotatable bonds is 5. The molecule has 4 heterocycles. The normalized spacial score (nSPS) is 16.3. The first-order chi connectivity index (χ1) is 17.6. The van der Waals surface area contributed by atoms with Gasteiger partial charge in [0.25, 0.3) is 5.91 Å². The van der Waals surface area contributed by atoms with Gasteiger partial charge in [0.15, 0.2) is 11.5 Å². The Balaban J connectivity index is 1.33. The molecule has 4 aromatic rings. The van der Waals surface area contributed by atoms with Crippen molar-refractivity contribution in [2.75, 3.05) is 38.2 Å². The van der Waals surface area contributed by atoms with Crippen LogP contribution >= 0.6 is 0 Å². The predicted molar refractivity (Wildman–Crippen MR) is 139 cm³/mol. The Morgan fingerprint density at radius 1 is 1.03 bits per heavy atom. The zero-order valence-corrected chi connectivity index (χ0v) is 20.7. The number of carbonyl (C=O) groups is 1. The number of nitrogens with zero attached hydrogens (tertiary/aromatic N) is 6. The van der Waals surface area contributed by atoms with Crippen LogP contribution in [-0.4, -0.2) is 63.8 Å². The van der Waals surface area contributed by atoms with Crippen LogP contribution in [0.1, 0.15) is 46.9 Å². The van der Waals surface area contributed by atoms with Gasteiger partial charge < -0.3 is 14.5 Å². The van der Waals surface area contributed by atoms with Crippen molar-refractivity contribution in [1.82, 2.24) is 24.6 Å². The van der Waals surface area contributed by atoms with Crippen LogP contribution in [0.5, 0.6) is 5.75 Å². The van der Waals surface area contributed by atoms with Gasteiger partial charge in [-0.1, -0.05) is 6.07 Å². The fourth-order valence-electron chi connectivity index (χ4n) is 5.05. The third kappa shape index (κ3) is 4.17. The van der Waals surface area contributed by atoms with Crippen molar-refractivity contribution in [3.63, 3.8) is 0 Å². The summed E-state index contributed by atoms with van der Waals surface area (Å²) in [6.45, 7) is 5.03. The minimum absolute atomic E-state index is 0.0598. The molecular formula is C28H30N6O2. The van der Waals surface area contributed by atoms with Crippen LogP contribution in [0.3, 0.4) is 0 Å². The number of hydrogen-bond acceptors (Lipinski definition) is 6. The minimum Gasteiger partial charge on any atom is -0.497 e. The summed E-state index contributed by atoms with van der Waals surface area (Å²) in [7, 11) is 1.68. The van der Waals surface area contributed by atoms with Crippen LogP contribution in [0.4, 0.5) is 5.69 Å². The maximum Gasteiger partial charge on any atom is 0.254 e. The van der Waals surface area contributed by atoms with Gasteiger partial charge in [-0.05, 0) is 68.7 Å². The molecule has 6 rings (SSSR count). The highest BCUT2D eigenvalue weighted by Crippen LogP contribution is 2.41. The number of benzene rings is 1. The molecule has 0 atom stereocenters. The van der Waals surface area contributed by atoms with E-state index in [1.54, 1.807) is 18.0 Å². The molecule has 184 valence electrons. The smallest absolute Gasteiger partial charge is 0.254 e. The molecular weight excluding hydrogens is 452 g/mol. The average molecular weight is 483 g/mol. The summed E-state index contributed by atoms with van der Waals surface area (Å²) in [4.78, 5) is 27.8. The van der Waals surface area contributed by atoms with Crippen molar-refractivity contribution < 1.29 is 9.53 Å². The summed E-state index contributed by atoms with van der Waals surface area (Å²) in [6, 6.07) is 15.9. The number of pyridine rings is 2. The van der Waals surface area contributed by atoms with Gasteiger partial charge in [0.2, 0.25) is 0 Å². The zero-order chi connectivity index (χ0) is 24.6. The van der Waals surface area contributed by atoms with E-state index in [1.165, 1.54) is 0 Å². The van der Waals surface area contributed by atoms with E-state index >= 15 is 0 Å². The molecule has 1 aliphatic heterocycles. The maximum atomic E-state index is 14.0. The molecule has 2 fully saturated rings. The third-order valence-electron chi connectivity index (χ3n) is 7.15. The van der Waals surface area contributed by atoms with E-state index in [0.29, 0.717) is 29.5 Å². The molecule has 0 N–H and O–H groups in total. The lowest BCUT2D eigenvalue weighted by molar-refractivity contribution is 0.0768. The number of aryl methyl sites for hydroxylation is 1. The molecule has 0 spiro atoms. The summed E-state index contributed by atoms with van der Waals surface area (Å²) < 4.78 is 7.08. The first-order valence-electron chi connectivity index (χ1n) is 12.6. The Hall–Kier alpha value is -3.94. The molecule has 1 saturated heterocycles. The first kappa shape index (κ1) is 22.5. The Kier molecular flexibility index (Phi) is 5.79.